The number of rotatable bonds is 10. The summed E-state index contributed by atoms with van der Waals surface area (Å²) in [6, 6.07) is 0. The van der Waals surface area contributed by atoms with Gasteiger partial charge in [0.1, 0.15) is 0 Å². The van der Waals surface area contributed by atoms with Gasteiger partial charge in [-0.25, -0.2) is 0 Å². The molecule has 0 aliphatic carbocycles. The van der Waals surface area contributed by atoms with E-state index in [2.05, 4.69) is 159 Å². The van der Waals surface area contributed by atoms with E-state index in [-0.39, 0.29) is 43.3 Å². The van der Waals surface area contributed by atoms with Gasteiger partial charge in [-0.1, -0.05) is 193 Å². The number of hydrogen-bond donors (Lipinski definition) is 0. The van der Waals surface area contributed by atoms with Crippen LogP contribution in [-0.4, -0.2) is 0 Å². The van der Waals surface area contributed by atoms with Crippen molar-refractivity contribution in [3.05, 3.63) is 0 Å². The standard InChI is InChI=1S/C32H66.C3H8.2C2H6/c1-22(2)25(6,7)29(14,15)31(18,19)27(10,11)24(5)28(12,13)32(20,21)30(16,17)26(8,9)23(3)4;1-3-2;2*1-2/h22-24H,1-21H3;3H2,1-2H3;2*1-2H3. The molecular formula is C39H86. The van der Waals surface area contributed by atoms with Crippen molar-refractivity contribution in [2.24, 2.45) is 61.1 Å². The molecule has 0 aliphatic rings. The lowest BCUT2D eigenvalue weighted by Crippen LogP contribution is -2.61. The Morgan fingerprint density at radius 2 is 0.462 bits per heavy atom. The van der Waals surface area contributed by atoms with Gasteiger partial charge in [0.15, 0.2) is 0 Å². The largest absolute Gasteiger partial charge is 0.0683 e. The topological polar surface area (TPSA) is 0 Å². The quantitative estimate of drug-likeness (QED) is 0.252. The van der Waals surface area contributed by atoms with Crippen molar-refractivity contribution in [2.45, 2.75) is 193 Å². The summed E-state index contributed by atoms with van der Waals surface area (Å²) in [5.41, 5.74) is 1.45. The van der Waals surface area contributed by atoms with Gasteiger partial charge in [-0.2, -0.15) is 0 Å². The summed E-state index contributed by atoms with van der Waals surface area (Å²) < 4.78 is 0. The van der Waals surface area contributed by atoms with Gasteiger partial charge < -0.3 is 0 Å². The van der Waals surface area contributed by atoms with Crippen LogP contribution in [0.25, 0.3) is 0 Å². The average molecular weight is 555 g/mol. The molecule has 0 aromatic rings. The summed E-state index contributed by atoms with van der Waals surface area (Å²) in [5, 5.41) is 0. The summed E-state index contributed by atoms with van der Waals surface area (Å²) in [4.78, 5) is 0. The minimum atomic E-state index is 0.151. The molecule has 0 aliphatic heterocycles. The first kappa shape index (κ1) is 46.0. The molecule has 0 saturated heterocycles. The van der Waals surface area contributed by atoms with Crippen molar-refractivity contribution >= 4 is 0 Å². The van der Waals surface area contributed by atoms with E-state index in [0.717, 1.165) is 0 Å². The fourth-order valence-electron chi connectivity index (χ4n) is 6.65. The molecule has 0 amide bonds. The number of hydrogen-bond acceptors (Lipinski definition) is 0. The summed E-state index contributed by atoms with van der Waals surface area (Å²) in [6.07, 6.45) is 1.25. The summed E-state index contributed by atoms with van der Waals surface area (Å²) in [5.74, 6) is 1.82. The van der Waals surface area contributed by atoms with Crippen molar-refractivity contribution in [1.29, 1.82) is 0 Å². The Labute approximate surface area is 254 Å². The zero-order chi connectivity index (χ0) is 33.4. The van der Waals surface area contributed by atoms with Crippen molar-refractivity contribution in [2.75, 3.05) is 0 Å². The molecule has 0 radical (unpaired) electrons. The van der Waals surface area contributed by atoms with E-state index in [1.54, 1.807) is 0 Å². The lowest BCUT2D eigenvalue weighted by Gasteiger charge is -2.67. The van der Waals surface area contributed by atoms with Crippen molar-refractivity contribution < 1.29 is 0 Å². The smallest absolute Gasteiger partial charge is 0.0244 e. The van der Waals surface area contributed by atoms with Crippen molar-refractivity contribution in [3.8, 4) is 0 Å². The van der Waals surface area contributed by atoms with Crippen LogP contribution in [0.1, 0.15) is 193 Å². The Balaban J connectivity index is -0.000000794. The van der Waals surface area contributed by atoms with Gasteiger partial charge in [-0.3, -0.25) is 0 Å². The Kier molecular flexibility index (Phi) is 18.2. The fraction of sp³-hybridized carbons (Fsp3) is 1.00. The van der Waals surface area contributed by atoms with Crippen molar-refractivity contribution in [3.63, 3.8) is 0 Å². The van der Waals surface area contributed by atoms with Crippen LogP contribution < -0.4 is 0 Å². The van der Waals surface area contributed by atoms with E-state index in [0.29, 0.717) is 17.8 Å². The molecule has 242 valence electrons. The van der Waals surface area contributed by atoms with E-state index < -0.39 is 0 Å². The normalized spacial score (nSPS) is 14.3. The first-order chi connectivity index (χ1) is 17.0. The van der Waals surface area contributed by atoms with Gasteiger partial charge in [-0.05, 0) is 61.1 Å². The van der Waals surface area contributed by atoms with Crippen LogP contribution in [0, 0.1) is 61.1 Å². The lowest BCUT2D eigenvalue weighted by atomic mass is 9.37. The lowest BCUT2D eigenvalue weighted by molar-refractivity contribution is -0.190. The second kappa shape index (κ2) is 15.5. The second-order valence-electron chi connectivity index (χ2n) is 17.1. The maximum atomic E-state index is 2.56. The summed E-state index contributed by atoms with van der Waals surface area (Å²) in [6.45, 7) is 65.0. The Hall–Kier alpha value is 0. The van der Waals surface area contributed by atoms with Gasteiger partial charge in [0.25, 0.3) is 0 Å². The molecule has 39 heavy (non-hydrogen) atoms. The molecule has 0 unspecified atom stereocenters. The molecule has 0 aromatic carbocycles. The summed E-state index contributed by atoms with van der Waals surface area (Å²) >= 11 is 0. The molecular weight excluding hydrogens is 468 g/mol. The van der Waals surface area contributed by atoms with Crippen LogP contribution in [-0.2, 0) is 0 Å². The third-order valence-corrected chi connectivity index (χ3v) is 14.6. The monoisotopic (exact) mass is 555 g/mol. The maximum Gasteiger partial charge on any atom is -0.0244 e. The third kappa shape index (κ3) is 8.09. The first-order valence-corrected chi connectivity index (χ1v) is 17.0. The van der Waals surface area contributed by atoms with Crippen LogP contribution in [0.15, 0.2) is 0 Å². The predicted molar refractivity (Wildman–Crippen MR) is 188 cm³/mol. The van der Waals surface area contributed by atoms with Gasteiger partial charge in [-0.15, -0.1) is 0 Å². The molecule has 0 bridgehead atoms. The van der Waals surface area contributed by atoms with E-state index in [1.807, 2.05) is 27.7 Å². The van der Waals surface area contributed by atoms with Gasteiger partial charge in [0.2, 0.25) is 0 Å². The van der Waals surface area contributed by atoms with Crippen LogP contribution in [0.5, 0.6) is 0 Å². The Bertz CT molecular complexity index is 588. The highest BCUT2D eigenvalue weighted by molar-refractivity contribution is 5.11. The van der Waals surface area contributed by atoms with E-state index >= 15 is 0 Å². The van der Waals surface area contributed by atoms with E-state index in [1.165, 1.54) is 6.42 Å². The molecule has 0 fully saturated rings. The molecule has 0 heteroatoms. The van der Waals surface area contributed by atoms with Gasteiger partial charge >= 0.3 is 0 Å². The fourth-order valence-corrected chi connectivity index (χ4v) is 6.65. The zero-order valence-corrected chi connectivity index (χ0v) is 33.4. The molecule has 0 atom stereocenters. The minimum Gasteiger partial charge on any atom is -0.0683 e. The Morgan fingerprint density at radius 3 is 0.590 bits per heavy atom. The highest BCUT2D eigenvalue weighted by Crippen LogP contribution is 2.69. The van der Waals surface area contributed by atoms with Gasteiger partial charge in [0, 0.05) is 0 Å². The van der Waals surface area contributed by atoms with Crippen LogP contribution in [0.2, 0.25) is 0 Å². The predicted octanol–water partition coefficient (Wildman–Crippen LogP) is 14.6. The van der Waals surface area contributed by atoms with Gasteiger partial charge in [0.05, 0.1) is 0 Å². The first-order valence-electron chi connectivity index (χ1n) is 17.0. The molecule has 0 rings (SSSR count). The molecule has 0 N–H and O–H groups in total. The highest BCUT2D eigenvalue weighted by Gasteiger charge is 2.63. The van der Waals surface area contributed by atoms with Crippen LogP contribution in [0.3, 0.4) is 0 Å². The highest BCUT2D eigenvalue weighted by atomic mass is 14.7. The van der Waals surface area contributed by atoms with Crippen molar-refractivity contribution in [1.82, 2.24) is 0 Å². The molecule has 0 aromatic heterocycles. The van der Waals surface area contributed by atoms with E-state index in [4.69, 9.17) is 0 Å². The Morgan fingerprint density at radius 1 is 0.333 bits per heavy atom. The molecule has 0 saturated carbocycles. The zero-order valence-electron chi connectivity index (χ0n) is 33.4. The van der Waals surface area contributed by atoms with Crippen LogP contribution in [0.4, 0.5) is 0 Å². The second-order valence-corrected chi connectivity index (χ2v) is 17.1. The molecule has 0 spiro atoms. The minimum absolute atomic E-state index is 0.151. The third-order valence-electron chi connectivity index (χ3n) is 14.6. The molecule has 0 nitrogen and oxygen atoms in total. The van der Waals surface area contributed by atoms with E-state index in [9.17, 15) is 0 Å². The molecule has 0 heterocycles. The maximum absolute atomic E-state index is 2.56. The average Bonchev–Trinajstić information content (AvgIpc) is 2.80. The van der Waals surface area contributed by atoms with Crippen LogP contribution >= 0.6 is 0 Å². The summed E-state index contributed by atoms with van der Waals surface area (Å²) in [7, 11) is 0. The SMILES string of the molecule is CC.CC.CC(C)C(C)(C)C(C)(C)C(C)(C)C(C)(C)C(C)C(C)(C)C(C)(C)C(C)(C)C(C)(C)C(C)C.CCC.